The van der Waals surface area contributed by atoms with E-state index < -0.39 is 17.9 Å². The number of carbonyl (C=O) groups excluding carboxylic acids is 2. The molecule has 5 nitrogen and oxygen atoms in total. The number of hydrogen-bond acceptors (Lipinski definition) is 4. The topological polar surface area (TPSA) is 49.9 Å². The normalized spacial score (nSPS) is 24.6. The van der Waals surface area contributed by atoms with Crippen molar-refractivity contribution in [2.24, 2.45) is 5.92 Å². The number of fused-ring (bicyclic) bond motifs is 1. The fourth-order valence-electron chi connectivity index (χ4n) is 3.83. The first kappa shape index (κ1) is 18.3. The Labute approximate surface area is 167 Å². The van der Waals surface area contributed by atoms with Crippen molar-refractivity contribution in [3.63, 3.8) is 0 Å². The fraction of sp³-hybridized carbons (Fsp3) is 0.300. The number of hydroxylamine groups is 1. The van der Waals surface area contributed by atoms with Gasteiger partial charge in [-0.25, -0.2) is 9.96 Å². The minimum Gasteiger partial charge on any atom is -0.273 e. The molecule has 0 saturated carbocycles. The molecule has 2 aliphatic rings. The monoisotopic (exact) mass is 404 g/mol. The first-order valence-corrected chi connectivity index (χ1v) is 9.63. The molecular formula is C20H18Cl2N2O3. The van der Waals surface area contributed by atoms with Gasteiger partial charge in [0.05, 0.1) is 33.4 Å². The molecule has 2 saturated heterocycles. The summed E-state index contributed by atoms with van der Waals surface area (Å²) in [5.41, 5.74) is 1.06. The number of hydrogen-bond donors (Lipinski definition) is 0. The van der Waals surface area contributed by atoms with Gasteiger partial charge in [0, 0.05) is 0 Å². The third kappa shape index (κ3) is 2.90. The summed E-state index contributed by atoms with van der Waals surface area (Å²) < 4.78 is 0. The number of anilines is 2. The number of amides is 2. The zero-order chi connectivity index (χ0) is 19.1. The van der Waals surface area contributed by atoms with Crippen LogP contribution in [0.1, 0.15) is 19.8 Å². The van der Waals surface area contributed by atoms with E-state index in [9.17, 15) is 9.59 Å². The van der Waals surface area contributed by atoms with Gasteiger partial charge in [-0.15, -0.1) is 0 Å². The van der Waals surface area contributed by atoms with Crippen molar-refractivity contribution in [3.05, 3.63) is 58.6 Å². The average molecular weight is 405 g/mol. The van der Waals surface area contributed by atoms with Crippen molar-refractivity contribution in [2.75, 3.05) is 9.96 Å². The zero-order valence-electron chi connectivity index (χ0n) is 14.6. The molecule has 2 heterocycles. The highest BCUT2D eigenvalue weighted by atomic mass is 35.5. The summed E-state index contributed by atoms with van der Waals surface area (Å²) in [5, 5.41) is 2.23. The molecule has 2 aliphatic heterocycles. The van der Waals surface area contributed by atoms with Crippen LogP contribution >= 0.6 is 23.2 Å². The number of imide groups is 1. The van der Waals surface area contributed by atoms with E-state index in [1.807, 2.05) is 37.3 Å². The van der Waals surface area contributed by atoms with Gasteiger partial charge in [-0.1, -0.05) is 60.8 Å². The second kappa shape index (κ2) is 7.15. The van der Waals surface area contributed by atoms with Crippen LogP contribution in [0.5, 0.6) is 0 Å². The molecule has 2 aromatic rings. The zero-order valence-corrected chi connectivity index (χ0v) is 16.2. The molecule has 0 spiro atoms. The lowest BCUT2D eigenvalue weighted by molar-refractivity contribution is -0.126. The van der Waals surface area contributed by atoms with Gasteiger partial charge in [-0.05, 0) is 30.7 Å². The summed E-state index contributed by atoms with van der Waals surface area (Å²) in [6.07, 6.45) is 0.704. The summed E-state index contributed by atoms with van der Waals surface area (Å²) in [6.45, 7) is 2.04. The Kier molecular flexibility index (Phi) is 4.84. The SMILES string of the molecule is CCC[C@H]1[C@@H]2C(=O)N(c3c(Cl)cccc3Cl)C(=O)[C@H]2ON1c1ccccc1. The Morgan fingerprint density at radius 3 is 2.26 bits per heavy atom. The molecule has 0 aliphatic carbocycles. The molecule has 0 N–H and O–H groups in total. The second-order valence-corrected chi connectivity index (χ2v) is 7.47. The molecule has 0 aromatic heterocycles. The van der Waals surface area contributed by atoms with Crippen molar-refractivity contribution in [3.8, 4) is 0 Å². The summed E-state index contributed by atoms with van der Waals surface area (Å²) in [7, 11) is 0. The van der Waals surface area contributed by atoms with E-state index in [2.05, 4.69) is 0 Å². The van der Waals surface area contributed by atoms with Gasteiger partial charge in [0.2, 0.25) is 5.91 Å². The van der Waals surface area contributed by atoms with Crippen molar-refractivity contribution in [1.82, 2.24) is 0 Å². The molecule has 2 fully saturated rings. The molecule has 2 amide bonds. The smallest absolute Gasteiger partial charge is 0.266 e. The standard InChI is InChI=1S/C20H18Cl2N2O3/c1-2-7-15-16-18(27-24(15)12-8-4-3-5-9-12)20(26)23(19(16)25)17-13(21)10-6-11-14(17)22/h3-6,8-11,15-16,18H,2,7H2,1H3/t15-,16-,18-/m0/s1. The minimum absolute atomic E-state index is 0.231. The van der Waals surface area contributed by atoms with Gasteiger partial charge in [0.25, 0.3) is 5.91 Å². The molecule has 0 unspecified atom stereocenters. The first-order valence-electron chi connectivity index (χ1n) is 8.87. The molecule has 140 valence electrons. The Morgan fingerprint density at radius 1 is 0.963 bits per heavy atom. The van der Waals surface area contributed by atoms with Gasteiger partial charge in [-0.3, -0.25) is 14.4 Å². The number of carbonyl (C=O) groups is 2. The fourth-order valence-corrected chi connectivity index (χ4v) is 4.40. The Bertz CT molecular complexity index is 870. The van der Waals surface area contributed by atoms with Crippen LogP contribution in [0.3, 0.4) is 0 Å². The minimum atomic E-state index is -0.874. The van der Waals surface area contributed by atoms with Crippen LogP contribution in [0.4, 0.5) is 11.4 Å². The summed E-state index contributed by atoms with van der Waals surface area (Å²) >= 11 is 12.5. The maximum atomic E-state index is 13.2. The van der Waals surface area contributed by atoms with Gasteiger partial charge in [0.1, 0.15) is 0 Å². The van der Waals surface area contributed by atoms with Crippen LogP contribution in [-0.2, 0) is 14.4 Å². The van der Waals surface area contributed by atoms with Gasteiger partial charge in [0.15, 0.2) is 6.10 Å². The van der Waals surface area contributed by atoms with Crippen LogP contribution in [0.2, 0.25) is 10.0 Å². The summed E-state index contributed by atoms with van der Waals surface area (Å²) in [5.74, 6) is -1.35. The van der Waals surface area contributed by atoms with Gasteiger partial charge in [-0.2, -0.15) is 0 Å². The van der Waals surface area contributed by atoms with E-state index in [0.29, 0.717) is 0 Å². The average Bonchev–Trinajstić information content (AvgIpc) is 3.14. The van der Waals surface area contributed by atoms with E-state index in [-0.39, 0.29) is 27.7 Å². The number of rotatable bonds is 4. The van der Waals surface area contributed by atoms with Crippen molar-refractivity contribution in [2.45, 2.75) is 31.9 Å². The summed E-state index contributed by atoms with van der Waals surface area (Å²) in [6, 6.07) is 14.2. The lowest BCUT2D eigenvalue weighted by atomic mass is 9.93. The lowest BCUT2D eigenvalue weighted by Crippen LogP contribution is -2.40. The molecule has 27 heavy (non-hydrogen) atoms. The van der Waals surface area contributed by atoms with Gasteiger partial charge >= 0.3 is 0 Å². The van der Waals surface area contributed by atoms with Crippen molar-refractivity contribution in [1.29, 1.82) is 0 Å². The first-order chi connectivity index (χ1) is 13.0. The van der Waals surface area contributed by atoms with Crippen LogP contribution in [0, 0.1) is 5.92 Å². The van der Waals surface area contributed by atoms with E-state index >= 15 is 0 Å². The predicted octanol–water partition coefficient (Wildman–Crippen LogP) is 4.47. The van der Waals surface area contributed by atoms with Crippen molar-refractivity contribution < 1.29 is 14.4 Å². The second-order valence-electron chi connectivity index (χ2n) is 6.65. The van der Waals surface area contributed by atoms with Crippen LogP contribution in [0.25, 0.3) is 0 Å². The molecule has 4 rings (SSSR count). The number of benzene rings is 2. The Morgan fingerprint density at radius 2 is 1.63 bits per heavy atom. The highest BCUT2D eigenvalue weighted by molar-refractivity contribution is 6.42. The Hall–Kier alpha value is -2.08. The molecule has 7 heteroatoms. The highest BCUT2D eigenvalue weighted by Crippen LogP contribution is 2.44. The Balaban J connectivity index is 1.72. The molecule has 0 bridgehead atoms. The van der Waals surface area contributed by atoms with Crippen LogP contribution < -0.4 is 9.96 Å². The largest absolute Gasteiger partial charge is 0.273 e. The van der Waals surface area contributed by atoms with Crippen molar-refractivity contribution >= 4 is 46.4 Å². The summed E-state index contributed by atoms with van der Waals surface area (Å²) in [4.78, 5) is 33.4. The molecular weight excluding hydrogens is 387 g/mol. The van der Waals surface area contributed by atoms with Crippen LogP contribution in [0.15, 0.2) is 48.5 Å². The molecule has 0 radical (unpaired) electrons. The quantitative estimate of drug-likeness (QED) is 0.705. The predicted molar refractivity (Wildman–Crippen MR) is 105 cm³/mol. The number of para-hydroxylation sites is 2. The van der Waals surface area contributed by atoms with E-state index in [1.54, 1.807) is 23.3 Å². The van der Waals surface area contributed by atoms with E-state index in [1.165, 1.54) is 0 Å². The number of halogens is 2. The third-order valence-corrected chi connectivity index (χ3v) is 5.60. The molecule has 3 atom stereocenters. The van der Waals surface area contributed by atoms with Gasteiger partial charge < -0.3 is 0 Å². The lowest BCUT2D eigenvalue weighted by Gasteiger charge is -2.28. The van der Waals surface area contributed by atoms with E-state index in [4.69, 9.17) is 28.0 Å². The highest BCUT2D eigenvalue weighted by Gasteiger charge is 2.59. The van der Waals surface area contributed by atoms with E-state index in [0.717, 1.165) is 23.4 Å². The maximum absolute atomic E-state index is 13.2. The molecule has 2 aromatic carbocycles. The third-order valence-electron chi connectivity index (χ3n) is 4.99. The number of nitrogens with zero attached hydrogens (tertiary/aromatic N) is 2. The van der Waals surface area contributed by atoms with Crippen LogP contribution in [-0.4, -0.2) is 24.0 Å². The maximum Gasteiger partial charge on any atom is 0.266 e.